The molecule has 0 aromatic carbocycles. The molecule has 2 heterocycles. The van der Waals surface area contributed by atoms with E-state index in [0.717, 1.165) is 12.4 Å². The van der Waals surface area contributed by atoms with Gasteiger partial charge in [0.2, 0.25) is 0 Å². The minimum absolute atomic E-state index is 0.375. The number of aromatic nitrogens is 3. The second kappa shape index (κ2) is 4.58. The van der Waals surface area contributed by atoms with Gasteiger partial charge >= 0.3 is 5.97 Å². The average molecular weight is 225 g/mol. The van der Waals surface area contributed by atoms with E-state index in [2.05, 4.69) is 10.2 Å². The highest BCUT2D eigenvalue weighted by molar-refractivity contribution is 5.73. The van der Waals surface area contributed by atoms with Crippen LogP contribution in [0.25, 0.3) is 0 Å². The van der Waals surface area contributed by atoms with Gasteiger partial charge in [-0.2, -0.15) is 0 Å². The van der Waals surface area contributed by atoms with E-state index >= 15 is 0 Å². The van der Waals surface area contributed by atoms with Crippen molar-refractivity contribution in [1.82, 2.24) is 19.7 Å². The van der Waals surface area contributed by atoms with Crippen molar-refractivity contribution in [3.63, 3.8) is 0 Å². The first-order chi connectivity index (χ1) is 7.72. The zero-order valence-corrected chi connectivity index (χ0v) is 8.91. The molecule has 1 aliphatic rings. The number of hydrogen-bond donors (Lipinski definition) is 2. The van der Waals surface area contributed by atoms with E-state index in [-0.39, 0.29) is 0 Å². The molecule has 88 valence electrons. The van der Waals surface area contributed by atoms with Crippen molar-refractivity contribution in [3.8, 4) is 0 Å². The Labute approximate surface area is 92.9 Å². The number of carboxylic acid groups (broad SMARTS) is 1. The molecule has 1 unspecified atom stereocenters. The van der Waals surface area contributed by atoms with E-state index < -0.39 is 12.0 Å². The van der Waals surface area contributed by atoms with Gasteiger partial charge in [0.25, 0.3) is 0 Å². The molecule has 0 spiro atoms. The molecule has 1 aromatic rings. The van der Waals surface area contributed by atoms with E-state index in [1.807, 2.05) is 9.47 Å². The lowest BCUT2D eigenvalue weighted by molar-refractivity contribution is -0.144. The Morgan fingerprint density at radius 2 is 2.44 bits per heavy atom. The maximum Gasteiger partial charge on any atom is 0.320 e. The molecule has 0 radical (unpaired) electrons. The molecule has 3 N–H and O–H groups in total. The number of carboxylic acids is 1. The van der Waals surface area contributed by atoms with E-state index in [0.29, 0.717) is 26.1 Å². The van der Waals surface area contributed by atoms with E-state index in [1.54, 1.807) is 6.33 Å². The standard InChI is InChI=1S/C9H15N5O2/c10-2-1-7(9(15)16)13-3-4-14-6-11-12-8(14)5-13/h6-7H,1-5,10H2,(H,15,16). The van der Waals surface area contributed by atoms with Crippen LogP contribution in [0.2, 0.25) is 0 Å². The Morgan fingerprint density at radius 1 is 1.62 bits per heavy atom. The first kappa shape index (κ1) is 11.0. The van der Waals surface area contributed by atoms with E-state index in [1.165, 1.54) is 0 Å². The summed E-state index contributed by atoms with van der Waals surface area (Å²) in [5.41, 5.74) is 5.43. The molecule has 0 saturated heterocycles. The van der Waals surface area contributed by atoms with Crippen LogP contribution in [-0.4, -0.2) is 49.9 Å². The minimum Gasteiger partial charge on any atom is -0.480 e. The first-order valence-electron chi connectivity index (χ1n) is 5.26. The SMILES string of the molecule is NCCC(C(=O)O)N1CCn2cnnc2C1. The maximum absolute atomic E-state index is 11.1. The van der Waals surface area contributed by atoms with Gasteiger partial charge in [-0.05, 0) is 13.0 Å². The summed E-state index contributed by atoms with van der Waals surface area (Å²) in [4.78, 5) is 13.0. The van der Waals surface area contributed by atoms with Gasteiger partial charge in [-0.3, -0.25) is 9.69 Å². The zero-order chi connectivity index (χ0) is 11.5. The predicted molar refractivity (Wildman–Crippen MR) is 55.5 cm³/mol. The van der Waals surface area contributed by atoms with Crippen LogP contribution in [0.3, 0.4) is 0 Å². The third-order valence-corrected chi connectivity index (χ3v) is 2.83. The molecule has 1 aliphatic heterocycles. The molecule has 0 aliphatic carbocycles. The molecule has 0 amide bonds. The first-order valence-corrected chi connectivity index (χ1v) is 5.26. The summed E-state index contributed by atoms with van der Waals surface area (Å²) >= 11 is 0. The van der Waals surface area contributed by atoms with Crippen molar-refractivity contribution in [2.45, 2.75) is 25.6 Å². The predicted octanol–water partition coefficient (Wildman–Crippen LogP) is -1.10. The Kier molecular flexibility index (Phi) is 3.16. The molecule has 7 heteroatoms. The Balaban J connectivity index is 2.09. The topological polar surface area (TPSA) is 97.3 Å². The molecule has 7 nitrogen and oxygen atoms in total. The average Bonchev–Trinajstić information content (AvgIpc) is 2.72. The van der Waals surface area contributed by atoms with Gasteiger partial charge in [-0.25, -0.2) is 0 Å². The summed E-state index contributed by atoms with van der Waals surface area (Å²) < 4.78 is 1.94. The second-order valence-corrected chi connectivity index (χ2v) is 3.84. The lowest BCUT2D eigenvalue weighted by Gasteiger charge is -2.31. The monoisotopic (exact) mass is 225 g/mol. The fraction of sp³-hybridized carbons (Fsp3) is 0.667. The number of fused-ring (bicyclic) bond motifs is 1. The van der Waals surface area contributed by atoms with Crippen molar-refractivity contribution < 1.29 is 9.90 Å². The smallest absolute Gasteiger partial charge is 0.320 e. The molecular weight excluding hydrogens is 210 g/mol. The number of hydrogen-bond acceptors (Lipinski definition) is 5. The number of carbonyl (C=O) groups is 1. The normalized spacial score (nSPS) is 18.1. The van der Waals surface area contributed by atoms with Gasteiger partial charge in [0.1, 0.15) is 18.2 Å². The number of nitrogens with zero attached hydrogens (tertiary/aromatic N) is 4. The fourth-order valence-electron chi connectivity index (χ4n) is 1.97. The van der Waals surface area contributed by atoms with Crippen LogP contribution in [-0.2, 0) is 17.9 Å². The third-order valence-electron chi connectivity index (χ3n) is 2.83. The van der Waals surface area contributed by atoms with Crippen LogP contribution in [0.5, 0.6) is 0 Å². The van der Waals surface area contributed by atoms with Gasteiger partial charge in [0.05, 0.1) is 6.54 Å². The van der Waals surface area contributed by atoms with Gasteiger partial charge in [-0.15, -0.1) is 10.2 Å². The number of nitrogens with two attached hydrogens (primary N) is 1. The summed E-state index contributed by atoms with van der Waals surface area (Å²) in [5.74, 6) is -0.00654. The highest BCUT2D eigenvalue weighted by Crippen LogP contribution is 2.14. The van der Waals surface area contributed by atoms with Crippen molar-refractivity contribution >= 4 is 5.97 Å². The third kappa shape index (κ3) is 2.05. The van der Waals surface area contributed by atoms with Crippen LogP contribution in [0, 0.1) is 0 Å². The summed E-state index contributed by atoms with van der Waals surface area (Å²) in [6.07, 6.45) is 2.13. The quantitative estimate of drug-likeness (QED) is 0.674. The molecule has 0 bridgehead atoms. The summed E-state index contributed by atoms with van der Waals surface area (Å²) in [6.45, 7) is 2.33. The van der Waals surface area contributed by atoms with Gasteiger partial charge in [-0.1, -0.05) is 0 Å². The summed E-state index contributed by atoms with van der Waals surface area (Å²) in [5, 5.41) is 16.9. The molecular formula is C9H15N5O2. The van der Waals surface area contributed by atoms with Gasteiger partial charge in [0, 0.05) is 13.1 Å². The molecule has 0 saturated carbocycles. The summed E-state index contributed by atoms with van der Waals surface area (Å²) in [7, 11) is 0. The Morgan fingerprint density at radius 3 is 3.12 bits per heavy atom. The molecule has 16 heavy (non-hydrogen) atoms. The molecule has 1 atom stereocenters. The van der Waals surface area contributed by atoms with Crippen LogP contribution in [0.15, 0.2) is 6.33 Å². The van der Waals surface area contributed by atoms with Crippen molar-refractivity contribution in [1.29, 1.82) is 0 Å². The largest absolute Gasteiger partial charge is 0.480 e. The van der Waals surface area contributed by atoms with Crippen molar-refractivity contribution in [2.24, 2.45) is 5.73 Å². The van der Waals surface area contributed by atoms with Gasteiger partial charge < -0.3 is 15.4 Å². The molecule has 1 aromatic heterocycles. The van der Waals surface area contributed by atoms with E-state index in [9.17, 15) is 4.79 Å². The van der Waals surface area contributed by atoms with Crippen molar-refractivity contribution in [2.75, 3.05) is 13.1 Å². The lowest BCUT2D eigenvalue weighted by atomic mass is 10.1. The minimum atomic E-state index is -0.821. The Bertz CT molecular complexity index is 378. The summed E-state index contributed by atoms with van der Waals surface area (Å²) in [6, 6.07) is -0.518. The highest BCUT2D eigenvalue weighted by atomic mass is 16.4. The number of aliphatic carboxylic acids is 1. The zero-order valence-electron chi connectivity index (χ0n) is 8.91. The van der Waals surface area contributed by atoms with Crippen LogP contribution < -0.4 is 5.73 Å². The van der Waals surface area contributed by atoms with E-state index in [4.69, 9.17) is 10.8 Å². The van der Waals surface area contributed by atoms with Crippen LogP contribution in [0.4, 0.5) is 0 Å². The van der Waals surface area contributed by atoms with Crippen molar-refractivity contribution in [3.05, 3.63) is 12.2 Å². The molecule has 2 rings (SSSR count). The molecule has 0 fully saturated rings. The van der Waals surface area contributed by atoms with Crippen LogP contribution >= 0.6 is 0 Å². The second-order valence-electron chi connectivity index (χ2n) is 3.84. The van der Waals surface area contributed by atoms with Crippen LogP contribution in [0.1, 0.15) is 12.2 Å². The highest BCUT2D eigenvalue weighted by Gasteiger charge is 2.28. The van der Waals surface area contributed by atoms with Gasteiger partial charge in [0.15, 0.2) is 0 Å². The fourth-order valence-corrected chi connectivity index (χ4v) is 1.97. The lowest BCUT2D eigenvalue weighted by Crippen LogP contribution is -2.46. The number of rotatable bonds is 4. The Hall–Kier alpha value is -1.47. The maximum atomic E-state index is 11.1.